The topological polar surface area (TPSA) is 51.1 Å². The Kier molecular flexibility index (Phi) is 7.49. The fourth-order valence-corrected chi connectivity index (χ4v) is 4.45. The molecule has 4 rings (SSSR count). The lowest BCUT2D eigenvalue weighted by Crippen LogP contribution is -2.21. The maximum absolute atomic E-state index is 13.0. The highest BCUT2D eigenvalue weighted by Gasteiger charge is 2.28. The summed E-state index contributed by atoms with van der Waals surface area (Å²) in [4.78, 5) is 13.0. The zero-order chi connectivity index (χ0) is 23.4. The third-order valence-electron chi connectivity index (χ3n) is 5.00. The van der Waals surface area contributed by atoms with Gasteiger partial charge in [0.05, 0.1) is 27.1 Å². The smallest absolute Gasteiger partial charge is 0.280 e. The van der Waals surface area contributed by atoms with Gasteiger partial charge in [0, 0.05) is 4.47 Å². The average Bonchev–Trinajstić information content (AvgIpc) is 3.09. The number of carbonyl (C=O) groups is 1. The fourth-order valence-electron chi connectivity index (χ4n) is 3.41. The quantitative estimate of drug-likeness (QED) is 0.216. The van der Waals surface area contributed by atoms with Crippen molar-refractivity contribution in [2.75, 3.05) is 11.6 Å². The molecule has 0 bridgehead atoms. The Hall–Kier alpha value is -2.65. The van der Waals surface area contributed by atoms with E-state index in [1.54, 1.807) is 0 Å². The third kappa shape index (κ3) is 5.47. The average molecular weight is 617 g/mol. The van der Waals surface area contributed by atoms with E-state index in [1.165, 1.54) is 5.01 Å². The Morgan fingerprint density at radius 3 is 2.48 bits per heavy atom. The predicted molar refractivity (Wildman–Crippen MR) is 144 cm³/mol. The lowest BCUT2D eigenvalue weighted by Gasteiger charge is -2.15. The molecule has 7 heteroatoms. The summed E-state index contributed by atoms with van der Waals surface area (Å²) in [6.07, 6.45) is 1.85. The van der Waals surface area contributed by atoms with Gasteiger partial charge < -0.3 is 9.47 Å². The number of anilines is 1. The molecule has 168 valence electrons. The van der Waals surface area contributed by atoms with E-state index in [2.05, 4.69) is 43.6 Å². The molecule has 1 heterocycles. The monoisotopic (exact) mass is 616 g/mol. The van der Waals surface area contributed by atoms with E-state index in [1.807, 2.05) is 86.7 Å². The van der Waals surface area contributed by atoms with E-state index in [4.69, 9.17) is 9.47 Å². The Morgan fingerprint density at radius 2 is 1.79 bits per heavy atom. The highest BCUT2D eigenvalue weighted by atomic mass is 127. The van der Waals surface area contributed by atoms with Gasteiger partial charge in [0.2, 0.25) is 0 Å². The molecule has 0 radical (unpaired) electrons. The van der Waals surface area contributed by atoms with Gasteiger partial charge in [0.15, 0.2) is 11.5 Å². The first-order valence-electron chi connectivity index (χ1n) is 10.5. The molecule has 0 fully saturated rings. The molecule has 0 aromatic heterocycles. The molecular formula is C26H22BrIN2O3. The molecule has 3 aromatic rings. The number of rotatable bonds is 7. The summed E-state index contributed by atoms with van der Waals surface area (Å²) in [7, 11) is 0. The molecule has 1 aliphatic rings. The normalized spacial score (nSPS) is 14.5. The maximum Gasteiger partial charge on any atom is 0.280 e. The van der Waals surface area contributed by atoms with Crippen LogP contribution in [0.25, 0.3) is 6.08 Å². The van der Waals surface area contributed by atoms with Crippen molar-refractivity contribution < 1.29 is 14.3 Å². The number of halogens is 2. The van der Waals surface area contributed by atoms with Crippen LogP contribution in [0.15, 0.2) is 81.9 Å². The second-order valence-electron chi connectivity index (χ2n) is 7.37. The SMILES string of the molecule is CCOc1cc(/C=C2/C(=O)N(c3ccccc3)N=C2C)cc(I)c1OCc1ccc(Br)cc1. The molecule has 3 aromatic carbocycles. The van der Waals surface area contributed by atoms with Gasteiger partial charge in [-0.05, 0) is 90.0 Å². The predicted octanol–water partition coefficient (Wildman–Crippen LogP) is 6.84. The molecule has 0 saturated carbocycles. The molecule has 33 heavy (non-hydrogen) atoms. The van der Waals surface area contributed by atoms with Crippen LogP contribution in [0.1, 0.15) is 25.0 Å². The first-order valence-corrected chi connectivity index (χ1v) is 12.3. The largest absolute Gasteiger partial charge is 0.490 e. The second-order valence-corrected chi connectivity index (χ2v) is 9.45. The van der Waals surface area contributed by atoms with Gasteiger partial charge in [-0.3, -0.25) is 4.79 Å². The van der Waals surface area contributed by atoms with Gasteiger partial charge in [-0.25, -0.2) is 0 Å². The van der Waals surface area contributed by atoms with Crippen molar-refractivity contribution in [2.24, 2.45) is 5.10 Å². The van der Waals surface area contributed by atoms with Crippen LogP contribution in [0.5, 0.6) is 11.5 Å². The standard InChI is InChI=1S/C26H22BrIN2O3/c1-3-32-24-15-19(14-23(28)25(24)33-16-18-9-11-20(27)12-10-18)13-22-17(2)29-30(26(22)31)21-7-5-4-6-8-21/h4-15H,3,16H2,1-2H3/b22-13+. The van der Waals surface area contributed by atoms with Crippen LogP contribution in [-0.4, -0.2) is 18.2 Å². The minimum Gasteiger partial charge on any atom is -0.490 e. The number of carbonyl (C=O) groups excluding carboxylic acids is 1. The van der Waals surface area contributed by atoms with Gasteiger partial charge in [0.1, 0.15) is 6.61 Å². The number of nitrogens with zero attached hydrogens (tertiary/aromatic N) is 2. The van der Waals surface area contributed by atoms with Crippen LogP contribution in [0.4, 0.5) is 5.69 Å². The van der Waals surface area contributed by atoms with Crippen LogP contribution < -0.4 is 14.5 Å². The summed E-state index contributed by atoms with van der Waals surface area (Å²) in [5.41, 5.74) is 3.89. The van der Waals surface area contributed by atoms with Gasteiger partial charge in [-0.2, -0.15) is 10.1 Å². The minimum atomic E-state index is -0.151. The lowest BCUT2D eigenvalue weighted by molar-refractivity contribution is -0.114. The minimum absolute atomic E-state index is 0.151. The molecule has 5 nitrogen and oxygen atoms in total. The molecule has 0 spiro atoms. The highest BCUT2D eigenvalue weighted by molar-refractivity contribution is 14.1. The number of para-hydroxylation sites is 1. The van der Waals surface area contributed by atoms with Crippen molar-refractivity contribution in [3.63, 3.8) is 0 Å². The van der Waals surface area contributed by atoms with Gasteiger partial charge in [0.25, 0.3) is 5.91 Å². The number of amides is 1. The Morgan fingerprint density at radius 1 is 1.06 bits per heavy atom. The van der Waals surface area contributed by atoms with Gasteiger partial charge in [-0.15, -0.1) is 0 Å². The Bertz CT molecular complexity index is 1220. The summed E-state index contributed by atoms with van der Waals surface area (Å²) >= 11 is 5.69. The molecule has 0 N–H and O–H groups in total. The van der Waals surface area contributed by atoms with E-state index in [-0.39, 0.29) is 5.91 Å². The highest BCUT2D eigenvalue weighted by Crippen LogP contribution is 2.36. The summed E-state index contributed by atoms with van der Waals surface area (Å²) in [5.74, 6) is 1.19. The first-order chi connectivity index (χ1) is 16.0. The summed E-state index contributed by atoms with van der Waals surface area (Å²) in [6, 6.07) is 21.3. The lowest BCUT2D eigenvalue weighted by atomic mass is 10.1. The number of ether oxygens (including phenoxy) is 2. The summed E-state index contributed by atoms with van der Waals surface area (Å²) in [5, 5.41) is 5.89. The second kappa shape index (κ2) is 10.5. The fraction of sp³-hybridized carbons (Fsp3) is 0.154. The third-order valence-corrected chi connectivity index (χ3v) is 6.33. The molecule has 1 aliphatic heterocycles. The van der Waals surface area contributed by atoms with Crippen LogP contribution in [-0.2, 0) is 11.4 Å². The van der Waals surface area contributed by atoms with Crippen molar-refractivity contribution in [1.82, 2.24) is 0 Å². The number of benzene rings is 3. The van der Waals surface area contributed by atoms with Gasteiger partial charge >= 0.3 is 0 Å². The van der Waals surface area contributed by atoms with Crippen molar-refractivity contribution in [3.8, 4) is 11.5 Å². The van der Waals surface area contributed by atoms with E-state index < -0.39 is 0 Å². The number of hydrogen-bond acceptors (Lipinski definition) is 4. The van der Waals surface area contributed by atoms with Crippen molar-refractivity contribution in [2.45, 2.75) is 20.5 Å². The van der Waals surface area contributed by atoms with Crippen LogP contribution >= 0.6 is 38.5 Å². The number of hydrogen-bond donors (Lipinski definition) is 0. The van der Waals surface area contributed by atoms with E-state index in [0.29, 0.717) is 36.0 Å². The van der Waals surface area contributed by atoms with E-state index >= 15 is 0 Å². The van der Waals surface area contributed by atoms with Crippen molar-refractivity contribution >= 4 is 61.9 Å². The van der Waals surface area contributed by atoms with Crippen LogP contribution in [0.2, 0.25) is 0 Å². The van der Waals surface area contributed by atoms with Gasteiger partial charge in [-0.1, -0.05) is 46.3 Å². The first kappa shape index (κ1) is 23.5. The van der Waals surface area contributed by atoms with Crippen LogP contribution in [0.3, 0.4) is 0 Å². The van der Waals surface area contributed by atoms with E-state index in [0.717, 1.165) is 24.9 Å². The summed E-state index contributed by atoms with van der Waals surface area (Å²) < 4.78 is 13.9. The van der Waals surface area contributed by atoms with E-state index in [9.17, 15) is 4.79 Å². The van der Waals surface area contributed by atoms with Crippen LogP contribution in [0, 0.1) is 3.57 Å². The summed E-state index contributed by atoms with van der Waals surface area (Å²) in [6.45, 7) is 4.72. The number of hydrazone groups is 1. The molecule has 0 unspecified atom stereocenters. The zero-order valence-corrected chi connectivity index (χ0v) is 22.0. The van der Waals surface area contributed by atoms with Crippen molar-refractivity contribution in [3.05, 3.63) is 91.5 Å². The van der Waals surface area contributed by atoms with Crippen molar-refractivity contribution in [1.29, 1.82) is 0 Å². The Balaban J connectivity index is 1.60. The molecule has 0 saturated heterocycles. The maximum atomic E-state index is 13.0. The molecule has 0 atom stereocenters. The molecular weight excluding hydrogens is 595 g/mol. The zero-order valence-electron chi connectivity index (χ0n) is 18.2. The Labute approximate surface area is 215 Å². The molecule has 0 aliphatic carbocycles. The molecule has 1 amide bonds.